The van der Waals surface area contributed by atoms with Crippen molar-refractivity contribution in [2.45, 2.75) is 39.5 Å². The fourth-order valence-electron chi connectivity index (χ4n) is 2.47. The van der Waals surface area contributed by atoms with E-state index in [0.29, 0.717) is 6.54 Å². The number of ether oxygens (including phenoxy) is 1. The van der Waals surface area contributed by atoms with E-state index in [4.69, 9.17) is 0 Å². The van der Waals surface area contributed by atoms with Crippen LogP contribution in [0.1, 0.15) is 25.0 Å². The van der Waals surface area contributed by atoms with Crippen LogP contribution in [0, 0.1) is 0 Å². The number of anilines is 1. The Morgan fingerprint density at radius 1 is 1.08 bits per heavy atom. The fourth-order valence-corrected chi connectivity index (χ4v) is 2.47. The van der Waals surface area contributed by atoms with E-state index in [1.807, 2.05) is 43.1 Å². The van der Waals surface area contributed by atoms with E-state index in [9.17, 15) is 13.6 Å². The Labute approximate surface area is 152 Å². The highest BCUT2D eigenvalue weighted by molar-refractivity contribution is 5.94. The van der Waals surface area contributed by atoms with Gasteiger partial charge in [0.15, 0.2) is 0 Å². The first kappa shape index (κ1) is 19.8. The first-order valence-electron chi connectivity index (χ1n) is 8.52. The number of carbonyl (C=O) groups excluding carboxylic acids is 1. The molecule has 0 spiro atoms. The summed E-state index contributed by atoms with van der Waals surface area (Å²) in [6.45, 7) is 1.58. The maximum atomic E-state index is 12.4. The Morgan fingerprint density at radius 3 is 2.19 bits per heavy atom. The Kier molecular flexibility index (Phi) is 7.09. The zero-order valence-electron chi connectivity index (χ0n) is 15.2. The number of hydrogen-bond donors (Lipinski definition) is 1. The summed E-state index contributed by atoms with van der Waals surface area (Å²) < 4.78 is 28.7. The third-order valence-corrected chi connectivity index (χ3v) is 4.25. The molecule has 2 aromatic carbocycles. The van der Waals surface area contributed by atoms with Gasteiger partial charge in [-0.15, -0.1) is 0 Å². The number of hydrogen-bond acceptors (Lipinski definition) is 3. The normalized spacial score (nSPS) is 12.3. The average Bonchev–Trinajstić information content (AvgIpc) is 2.62. The minimum Gasteiger partial charge on any atom is -0.435 e. The molecular weight excluding hydrogens is 338 g/mol. The highest BCUT2D eigenvalue weighted by Crippen LogP contribution is 2.17. The summed E-state index contributed by atoms with van der Waals surface area (Å²) >= 11 is 0. The monoisotopic (exact) mass is 362 g/mol. The molecule has 0 aliphatic heterocycles. The van der Waals surface area contributed by atoms with Gasteiger partial charge in [-0.3, -0.25) is 9.69 Å². The molecule has 1 atom stereocenters. The molecule has 0 saturated heterocycles. The number of alkyl halides is 2. The second-order valence-electron chi connectivity index (χ2n) is 6.15. The first-order chi connectivity index (χ1) is 12.4. The molecule has 0 bridgehead atoms. The van der Waals surface area contributed by atoms with Crippen molar-refractivity contribution in [3.8, 4) is 5.75 Å². The number of carbonyl (C=O) groups is 1. The van der Waals surface area contributed by atoms with Gasteiger partial charge in [0.05, 0.1) is 6.04 Å². The molecule has 1 amide bonds. The van der Waals surface area contributed by atoms with Crippen LogP contribution in [0.2, 0.25) is 0 Å². The lowest BCUT2D eigenvalue weighted by Crippen LogP contribution is -2.39. The van der Waals surface area contributed by atoms with Crippen LogP contribution in [0.4, 0.5) is 14.5 Å². The summed E-state index contributed by atoms with van der Waals surface area (Å²) in [5, 5.41) is 2.91. The summed E-state index contributed by atoms with van der Waals surface area (Å²) in [7, 11) is 1.84. The third kappa shape index (κ3) is 5.81. The second-order valence-corrected chi connectivity index (χ2v) is 6.15. The minimum absolute atomic E-state index is 0.102. The fraction of sp³-hybridized carbons (Fsp3) is 0.350. The lowest BCUT2D eigenvalue weighted by Gasteiger charge is -2.24. The number of likely N-dealkylation sites (N-methyl/N-ethyl adjacent to an activating group) is 1. The highest BCUT2D eigenvalue weighted by Gasteiger charge is 2.18. The van der Waals surface area contributed by atoms with Crippen molar-refractivity contribution >= 4 is 11.6 Å². The quantitative estimate of drug-likeness (QED) is 0.761. The van der Waals surface area contributed by atoms with Crippen molar-refractivity contribution in [1.82, 2.24) is 4.90 Å². The zero-order valence-corrected chi connectivity index (χ0v) is 15.2. The molecule has 6 heteroatoms. The predicted octanol–water partition coefficient (Wildman–Crippen LogP) is 4.31. The number of nitrogens with zero attached hydrogens (tertiary/aromatic N) is 1. The summed E-state index contributed by atoms with van der Waals surface area (Å²) in [6, 6.07) is 13.8. The number of halogens is 2. The van der Waals surface area contributed by atoms with Crippen LogP contribution in [-0.2, 0) is 17.8 Å². The van der Waals surface area contributed by atoms with Gasteiger partial charge in [-0.2, -0.15) is 8.78 Å². The predicted molar refractivity (Wildman–Crippen MR) is 98.5 cm³/mol. The number of nitrogens with one attached hydrogen (secondary N) is 1. The lowest BCUT2D eigenvalue weighted by atomic mass is 10.1. The van der Waals surface area contributed by atoms with Gasteiger partial charge in [0.25, 0.3) is 0 Å². The molecule has 26 heavy (non-hydrogen) atoms. The van der Waals surface area contributed by atoms with E-state index in [1.54, 1.807) is 12.1 Å². The Balaban J connectivity index is 1.90. The highest BCUT2D eigenvalue weighted by atomic mass is 19.3. The van der Waals surface area contributed by atoms with Crippen LogP contribution in [0.3, 0.4) is 0 Å². The molecular formula is C20H24F2N2O2. The van der Waals surface area contributed by atoms with Gasteiger partial charge in [-0.1, -0.05) is 31.2 Å². The number of amides is 1. The third-order valence-electron chi connectivity index (χ3n) is 4.25. The molecule has 140 valence electrons. The Hall–Kier alpha value is -2.47. The number of aryl methyl sites for hydroxylation is 1. The van der Waals surface area contributed by atoms with E-state index >= 15 is 0 Å². The first-order valence-corrected chi connectivity index (χ1v) is 8.52. The van der Waals surface area contributed by atoms with E-state index in [0.717, 1.165) is 17.7 Å². The van der Waals surface area contributed by atoms with Gasteiger partial charge in [-0.05, 0) is 55.8 Å². The van der Waals surface area contributed by atoms with E-state index in [-0.39, 0.29) is 17.7 Å². The number of rotatable bonds is 8. The van der Waals surface area contributed by atoms with E-state index in [2.05, 4.69) is 17.0 Å². The average molecular weight is 362 g/mol. The molecule has 0 fully saturated rings. The molecule has 2 aromatic rings. The van der Waals surface area contributed by atoms with Gasteiger partial charge in [-0.25, -0.2) is 0 Å². The molecule has 0 aliphatic rings. The van der Waals surface area contributed by atoms with Crippen LogP contribution in [0.15, 0.2) is 48.5 Å². The minimum atomic E-state index is -2.83. The van der Waals surface area contributed by atoms with E-state index < -0.39 is 6.61 Å². The van der Waals surface area contributed by atoms with Crippen LogP contribution in [0.5, 0.6) is 5.75 Å². The van der Waals surface area contributed by atoms with Crippen molar-refractivity contribution in [2.75, 3.05) is 12.4 Å². The van der Waals surface area contributed by atoms with Crippen molar-refractivity contribution in [2.24, 2.45) is 0 Å². The summed E-state index contributed by atoms with van der Waals surface area (Å²) in [5.41, 5.74) is 2.88. The van der Waals surface area contributed by atoms with Crippen LogP contribution < -0.4 is 10.1 Å². The van der Waals surface area contributed by atoms with Gasteiger partial charge in [0.1, 0.15) is 5.75 Å². The molecule has 1 N–H and O–H groups in total. The van der Waals surface area contributed by atoms with Gasteiger partial charge < -0.3 is 10.1 Å². The van der Waals surface area contributed by atoms with E-state index in [1.165, 1.54) is 17.7 Å². The van der Waals surface area contributed by atoms with Gasteiger partial charge >= 0.3 is 6.61 Å². The Morgan fingerprint density at radius 2 is 1.65 bits per heavy atom. The maximum absolute atomic E-state index is 12.4. The van der Waals surface area contributed by atoms with Crippen LogP contribution in [-0.4, -0.2) is 30.5 Å². The number of benzene rings is 2. The molecule has 0 aromatic heterocycles. The Bertz CT molecular complexity index is 703. The van der Waals surface area contributed by atoms with Crippen molar-refractivity contribution in [3.05, 3.63) is 59.7 Å². The molecule has 0 radical (unpaired) electrons. The largest absolute Gasteiger partial charge is 0.435 e. The van der Waals surface area contributed by atoms with Gasteiger partial charge in [0.2, 0.25) is 5.91 Å². The smallest absolute Gasteiger partial charge is 0.387 e. The topological polar surface area (TPSA) is 41.6 Å². The van der Waals surface area contributed by atoms with Crippen LogP contribution in [0.25, 0.3) is 0 Å². The summed E-state index contributed by atoms with van der Waals surface area (Å²) in [5.74, 6) is 0.0159. The molecule has 0 saturated carbocycles. The molecule has 2 rings (SSSR count). The summed E-state index contributed by atoms with van der Waals surface area (Å²) in [4.78, 5) is 14.3. The van der Waals surface area contributed by atoms with Crippen molar-refractivity contribution in [3.63, 3.8) is 0 Å². The standard InChI is InChI=1S/C20H24F2N2O2/c1-4-15-5-9-17(10-6-15)23-19(25)14(2)24(3)13-16-7-11-18(12-8-16)26-20(21)22/h5-12,14,20H,4,13H2,1-3H3,(H,23,25)/t14-/m1/s1. The molecule has 4 nitrogen and oxygen atoms in total. The zero-order chi connectivity index (χ0) is 19.1. The molecule has 0 aliphatic carbocycles. The summed E-state index contributed by atoms with van der Waals surface area (Å²) in [6.07, 6.45) is 0.953. The SMILES string of the molecule is CCc1ccc(NC(=O)[C@@H](C)N(C)Cc2ccc(OC(F)F)cc2)cc1. The van der Waals surface area contributed by atoms with Gasteiger partial charge in [0, 0.05) is 12.2 Å². The van der Waals surface area contributed by atoms with Crippen molar-refractivity contribution < 1.29 is 18.3 Å². The maximum Gasteiger partial charge on any atom is 0.387 e. The van der Waals surface area contributed by atoms with Crippen LogP contribution >= 0.6 is 0 Å². The lowest BCUT2D eigenvalue weighted by molar-refractivity contribution is -0.120. The second kappa shape index (κ2) is 9.29. The molecule has 0 heterocycles. The molecule has 0 unspecified atom stereocenters. The van der Waals surface area contributed by atoms with Crippen molar-refractivity contribution in [1.29, 1.82) is 0 Å².